The summed E-state index contributed by atoms with van der Waals surface area (Å²) in [6.45, 7) is 0. The van der Waals surface area contributed by atoms with Gasteiger partial charge >= 0.3 is 0 Å². The van der Waals surface area contributed by atoms with Crippen LogP contribution in [0.3, 0.4) is 0 Å². The van der Waals surface area contributed by atoms with Crippen molar-refractivity contribution in [2.45, 2.75) is 6.10 Å². The first-order chi connectivity index (χ1) is 9.34. The van der Waals surface area contributed by atoms with Gasteiger partial charge in [0, 0.05) is 24.8 Å². The zero-order chi connectivity index (χ0) is 13.1. The normalized spacial score (nSPS) is 12.3. The van der Waals surface area contributed by atoms with E-state index in [1.54, 1.807) is 24.8 Å². The summed E-state index contributed by atoms with van der Waals surface area (Å²) in [7, 11) is 0. The molecule has 2 aromatic heterocycles. The molecule has 0 amide bonds. The number of nitrogens with zero attached hydrogens (tertiary/aromatic N) is 2. The molecule has 94 valence electrons. The fourth-order valence-corrected chi connectivity index (χ4v) is 2.01. The molecule has 2 heterocycles. The maximum absolute atomic E-state index is 10.2. The SMILES string of the molecule is OC(c1cccc(-c2cccnc2)c1)c1ncc[nH]1. The largest absolute Gasteiger partial charge is 0.380 e. The third kappa shape index (κ3) is 2.39. The molecule has 0 spiro atoms. The second kappa shape index (κ2) is 5.04. The van der Waals surface area contributed by atoms with Gasteiger partial charge in [-0.25, -0.2) is 4.98 Å². The second-order valence-electron chi connectivity index (χ2n) is 4.24. The molecule has 0 aliphatic rings. The molecule has 0 radical (unpaired) electrons. The fourth-order valence-electron chi connectivity index (χ4n) is 2.01. The van der Waals surface area contributed by atoms with E-state index in [-0.39, 0.29) is 0 Å². The standard InChI is InChI=1S/C15H13N3O/c19-14(15-17-7-8-18-15)12-4-1-3-11(9-12)13-5-2-6-16-10-13/h1-10,14,19H,(H,17,18). The molecule has 3 aromatic rings. The third-order valence-corrected chi connectivity index (χ3v) is 2.98. The average Bonchev–Trinajstić information content (AvgIpc) is 3.02. The van der Waals surface area contributed by atoms with E-state index >= 15 is 0 Å². The average molecular weight is 251 g/mol. The first-order valence-corrected chi connectivity index (χ1v) is 6.02. The molecule has 1 aromatic carbocycles. The monoisotopic (exact) mass is 251 g/mol. The lowest BCUT2D eigenvalue weighted by atomic mass is 10.0. The highest BCUT2D eigenvalue weighted by molar-refractivity contribution is 5.63. The number of aliphatic hydroxyl groups is 1. The Bertz CT molecular complexity index is 650. The number of aliphatic hydroxyl groups excluding tert-OH is 1. The van der Waals surface area contributed by atoms with Crippen molar-refractivity contribution in [1.29, 1.82) is 0 Å². The van der Waals surface area contributed by atoms with Gasteiger partial charge in [0.1, 0.15) is 11.9 Å². The van der Waals surface area contributed by atoms with Crippen LogP contribution < -0.4 is 0 Å². The molecule has 2 N–H and O–H groups in total. The highest BCUT2D eigenvalue weighted by Gasteiger charge is 2.13. The maximum Gasteiger partial charge on any atom is 0.139 e. The van der Waals surface area contributed by atoms with Crippen LogP contribution in [-0.4, -0.2) is 20.1 Å². The minimum atomic E-state index is -0.744. The summed E-state index contributed by atoms with van der Waals surface area (Å²) in [6, 6.07) is 11.6. The Kier molecular flexibility index (Phi) is 3.08. The number of pyridine rings is 1. The number of hydrogen-bond donors (Lipinski definition) is 2. The van der Waals surface area contributed by atoms with Crippen LogP contribution in [0.15, 0.2) is 61.2 Å². The van der Waals surface area contributed by atoms with Crippen LogP contribution >= 0.6 is 0 Å². The number of aromatic amines is 1. The molecule has 1 unspecified atom stereocenters. The van der Waals surface area contributed by atoms with Crippen molar-refractivity contribution in [1.82, 2.24) is 15.0 Å². The van der Waals surface area contributed by atoms with Crippen molar-refractivity contribution in [3.05, 3.63) is 72.6 Å². The van der Waals surface area contributed by atoms with E-state index in [0.29, 0.717) is 5.82 Å². The van der Waals surface area contributed by atoms with Crippen molar-refractivity contribution in [2.75, 3.05) is 0 Å². The molecule has 4 nitrogen and oxygen atoms in total. The molecule has 0 saturated carbocycles. The summed E-state index contributed by atoms with van der Waals surface area (Å²) in [5.41, 5.74) is 2.85. The van der Waals surface area contributed by atoms with E-state index in [2.05, 4.69) is 15.0 Å². The molecule has 0 fully saturated rings. The summed E-state index contributed by atoms with van der Waals surface area (Å²) >= 11 is 0. The molecule has 3 rings (SSSR count). The van der Waals surface area contributed by atoms with E-state index in [9.17, 15) is 5.11 Å². The van der Waals surface area contributed by atoms with Gasteiger partial charge in [0.15, 0.2) is 0 Å². The third-order valence-electron chi connectivity index (χ3n) is 2.98. The van der Waals surface area contributed by atoms with Gasteiger partial charge in [0.2, 0.25) is 0 Å². The van der Waals surface area contributed by atoms with Gasteiger partial charge in [0.05, 0.1) is 0 Å². The minimum Gasteiger partial charge on any atom is -0.380 e. The highest BCUT2D eigenvalue weighted by atomic mass is 16.3. The van der Waals surface area contributed by atoms with Crippen LogP contribution in [0.25, 0.3) is 11.1 Å². The Morgan fingerprint density at radius 2 is 1.95 bits per heavy atom. The first-order valence-electron chi connectivity index (χ1n) is 6.02. The van der Waals surface area contributed by atoms with Crippen LogP contribution in [0.5, 0.6) is 0 Å². The predicted molar refractivity (Wildman–Crippen MR) is 72.3 cm³/mol. The molecule has 19 heavy (non-hydrogen) atoms. The topological polar surface area (TPSA) is 61.8 Å². The predicted octanol–water partition coefficient (Wildman–Crippen LogP) is 2.55. The number of aromatic nitrogens is 3. The van der Waals surface area contributed by atoms with Gasteiger partial charge in [-0.1, -0.05) is 24.3 Å². The van der Waals surface area contributed by atoms with Crippen molar-refractivity contribution >= 4 is 0 Å². The fraction of sp³-hybridized carbons (Fsp3) is 0.0667. The van der Waals surface area contributed by atoms with E-state index in [0.717, 1.165) is 16.7 Å². The van der Waals surface area contributed by atoms with Gasteiger partial charge in [-0.3, -0.25) is 4.98 Å². The number of rotatable bonds is 3. The maximum atomic E-state index is 10.2. The number of benzene rings is 1. The molecule has 0 bridgehead atoms. The lowest BCUT2D eigenvalue weighted by molar-refractivity contribution is 0.211. The van der Waals surface area contributed by atoms with Crippen LogP contribution in [0, 0.1) is 0 Å². The zero-order valence-electron chi connectivity index (χ0n) is 10.2. The number of hydrogen-bond acceptors (Lipinski definition) is 3. The van der Waals surface area contributed by atoms with Crippen LogP contribution in [0.1, 0.15) is 17.5 Å². The lowest BCUT2D eigenvalue weighted by Crippen LogP contribution is -2.01. The van der Waals surface area contributed by atoms with E-state index in [1.807, 2.05) is 36.4 Å². The lowest BCUT2D eigenvalue weighted by Gasteiger charge is -2.10. The van der Waals surface area contributed by atoms with E-state index < -0.39 is 6.10 Å². The van der Waals surface area contributed by atoms with Gasteiger partial charge < -0.3 is 10.1 Å². The molecule has 1 atom stereocenters. The summed E-state index contributed by atoms with van der Waals surface area (Å²) < 4.78 is 0. The van der Waals surface area contributed by atoms with Crippen molar-refractivity contribution in [3.8, 4) is 11.1 Å². The van der Waals surface area contributed by atoms with Crippen molar-refractivity contribution in [3.63, 3.8) is 0 Å². The summed E-state index contributed by atoms with van der Waals surface area (Å²) in [4.78, 5) is 11.1. The smallest absolute Gasteiger partial charge is 0.139 e. The Hall–Kier alpha value is -2.46. The highest BCUT2D eigenvalue weighted by Crippen LogP contribution is 2.24. The van der Waals surface area contributed by atoms with Crippen LogP contribution in [-0.2, 0) is 0 Å². The van der Waals surface area contributed by atoms with Gasteiger partial charge in [-0.15, -0.1) is 0 Å². The quantitative estimate of drug-likeness (QED) is 0.752. The number of imidazole rings is 1. The van der Waals surface area contributed by atoms with Crippen LogP contribution in [0.2, 0.25) is 0 Å². The molecule has 4 heteroatoms. The zero-order valence-corrected chi connectivity index (χ0v) is 10.2. The second-order valence-corrected chi connectivity index (χ2v) is 4.24. The van der Waals surface area contributed by atoms with E-state index in [1.165, 1.54) is 0 Å². The number of nitrogens with one attached hydrogen (secondary N) is 1. The van der Waals surface area contributed by atoms with Crippen molar-refractivity contribution in [2.24, 2.45) is 0 Å². The molecule has 0 saturated heterocycles. The van der Waals surface area contributed by atoms with Gasteiger partial charge in [0.25, 0.3) is 0 Å². The Morgan fingerprint density at radius 1 is 1.05 bits per heavy atom. The molecule has 0 aliphatic carbocycles. The molecular formula is C15H13N3O. The van der Waals surface area contributed by atoms with Gasteiger partial charge in [-0.2, -0.15) is 0 Å². The summed E-state index contributed by atoms with van der Waals surface area (Å²) in [6.07, 6.45) is 6.13. The van der Waals surface area contributed by atoms with Crippen molar-refractivity contribution < 1.29 is 5.11 Å². The Morgan fingerprint density at radius 3 is 2.68 bits per heavy atom. The Labute approximate surface area is 110 Å². The van der Waals surface area contributed by atoms with Crippen LogP contribution in [0.4, 0.5) is 0 Å². The van der Waals surface area contributed by atoms with E-state index in [4.69, 9.17) is 0 Å². The molecule has 0 aliphatic heterocycles. The summed E-state index contributed by atoms with van der Waals surface area (Å²) in [5.74, 6) is 0.545. The Balaban J connectivity index is 1.97. The number of H-pyrrole nitrogens is 1. The van der Waals surface area contributed by atoms with Gasteiger partial charge in [-0.05, 0) is 28.8 Å². The summed E-state index contributed by atoms with van der Waals surface area (Å²) in [5, 5.41) is 10.2. The molecular weight excluding hydrogens is 238 g/mol. The minimum absolute atomic E-state index is 0.545. The first kappa shape index (κ1) is 11.6.